The number of rotatable bonds is 9. The summed E-state index contributed by atoms with van der Waals surface area (Å²) >= 11 is 11.3. The molecule has 0 atom stereocenters. The number of amides is 1. The fourth-order valence-electron chi connectivity index (χ4n) is 2.46. The summed E-state index contributed by atoms with van der Waals surface area (Å²) in [6, 6.07) is 14.5. The van der Waals surface area contributed by atoms with Gasteiger partial charge in [0, 0.05) is 17.1 Å². The molecule has 27 heavy (non-hydrogen) atoms. The molecule has 0 spiro atoms. The lowest BCUT2D eigenvalue weighted by Crippen LogP contribution is -2.38. The van der Waals surface area contributed by atoms with E-state index in [1.807, 2.05) is 24.3 Å². The van der Waals surface area contributed by atoms with E-state index in [9.17, 15) is 4.79 Å². The van der Waals surface area contributed by atoms with Gasteiger partial charge in [-0.3, -0.25) is 10.1 Å². The lowest BCUT2D eigenvalue weighted by Gasteiger charge is -2.11. The van der Waals surface area contributed by atoms with Crippen molar-refractivity contribution in [2.45, 2.75) is 39.2 Å². The summed E-state index contributed by atoms with van der Waals surface area (Å²) in [4.78, 5) is 12.3. The summed E-state index contributed by atoms with van der Waals surface area (Å²) in [6.45, 7) is 3.33. The number of hydrogen-bond acceptors (Lipinski definition) is 3. The Hall–Kier alpha value is -2.11. The van der Waals surface area contributed by atoms with Gasteiger partial charge in [0.15, 0.2) is 5.11 Å². The average Bonchev–Trinajstić information content (AvgIpc) is 2.67. The molecule has 0 aliphatic carbocycles. The van der Waals surface area contributed by atoms with Crippen molar-refractivity contribution in [2.75, 3.05) is 6.61 Å². The molecule has 0 bridgehead atoms. The highest BCUT2D eigenvalue weighted by Gasteiger charge is 2.08. The van der Waals surface area contributed by atoms with E-state index < -0.39 is 0 Å². The summed E-state index contributed by atoms with van der Waals surface area (Å²) in [5.41, 5.74) is 1.44. The van der Waals surface area contributed by atoms with E-state index in [4.69, 9.17) is 28.6 Å². The van der Waals surface area contributed by atoms with E-state index in [0.717, 1.165) is 17.7 Å². The minimum Gasteiger partial charge on any atom is -0.494 e. The number of ether oxygens (including phenoxy) is 1. The summed E-state index contributed by atoms with van der Waals surface area (Å²) in [5, 5.41) is 6.57. The van der Waals surface area contributed by atoms with Crippen LogP contribution in [-0.4, -0.2) is 17.6 Å². The normalized spacial score (nSPS) is 10.3. The van der Waals surface area contributed by atoms with Crippen molar-refractivity contribution in [1.82, 2.24) is 10.6 Å². The number of halogens is 1. The number of carbonyl (C=O) groups excluding carboxylic acids is 1. The molecule has 2 N–H and O–H groups in total. The van der Waals surface area contributed by atoms with Gasteiger partial charge in [-0.05, 0) is 54.5 Å². The largest absolute Gasteiger partial charge is 0.494 e. The number of unbranched alkanes of at least 4 members (excludes halogenated alkanes) is 3. The summed E-state index contributed by atoms with van der Waals surface area (Å²) in [7, 11) is 0. The Morgan fingerprint density at radius 3 is 2.52 bits per heavy atom. The van der Waals surface area contributed by atoms with E-state index >= 15 is 0 Å². The van der Waals surface area contributed by atoms with Crippen LogP contribution >= 0.6 is 23.8 Å². The van der Waals surface area contributed by atoms with E-state index in [2.05, 4.69) is 17.6 Å². The first kappa shape index (κ1) is 21.2. The van der Waals surface area contributed by atoms with Gasteiger partial charge < -0.3 is 10.1 Å². The number of benzene rings is 2. The van der Waals surface area contributed by atoms with Crippen molar-refractivity contribution < 1.29 is 9.53 Å². The molecule has 0 saturated heterocycles. The SMILES string of the molecule is CCCCCCOc1ccc(C(=O)NC(=S)NCc2ccccc2Cl)cc1. The molecule has 2 rings (SSSR count). The fraction of sp³-hybridized carbons (Fsp3) is 0.333. The lowest BCUT2D eigenvalue weighted by atomic mass is 10.2. The zero-order valence-corrected chi connectivity index (χ0v) is 17.0. The quantitative estimate of drug-likeness (QED) is 0.450. The Morgan fingerprint density at radius 2 is 1.81 bits per heavy atom. The molecule has 0 aliphatic rings. The average molecular weight is 405 g/mol. The van der Waals surface area contributed by atoms with Gasteiger partial charge in [-0.15, -0.1) is 0 Å². The smallest absolute Gasteiger partial charge is 0.257 e. The topological polar surface area (TPSA) is 50.4 Å². The molecular weight excluding hydrogens is 380 g/mol. The number of thiocarbonyl (C=S) groups is 1. The highest BCUT2D eigenvalue weighted by Crippen LogP contribution is 2.15. The molecule has 0 radical (unpaired) electrons. The monoisotopic (exact) mass is 404 g/mol. The van der Waals surface area contributed by atoms with Crippen molar-refractivity contribution in [2.24, 2.45) is 0 Å². The van der Waals surface area contributed by atoms with E-state index in [1.54, 1.807) is 24.3 Å². The molecule has 0 fully saturated rings. The molecule has 0 saturated carbocycles. The maximum Gasteiger partial charge on any atom is 0.257 e. The third-order valence-electron chi connectivity index (χ3n) is 4.01. The first-order valence-electron chi connectivity index (χ1n) is 9.15. The Morgan fingerprint density at radius 1 is 1.07 bits per heavy atom. The minimum atomic E-state index is -0.263. The van der Waals surface area contributed by atoms with Crippen LogP contribution in [0.5, 0.6) is 5.75 Å². The second-order valence-corrected chi connectivity index (χ2v) is 6.98. The first-order chi connectivity index (χ1) is 13.1. The van der Waals surface area contributed by atoms with Gasteiger partial charge in [0.05, 0.1) is 6.61 Å². The molecule has 1 amide bonds. The zero-order chi connectivity index (χ0) is 19.5. The van der Waals surface area contributed by atoms with Crippen molar-refractivity contribution in [3.63, 3.8) is 0 Å². The molecular formula is C21H25ClN2O2S. The van der Waals surface area contributed by atoms with Crippen molar-refractivity contribution in [1.29, 1.82) is 0 Å². The second-order valence-electron chi connectivity index (χ2n) is 6.16. The summed E-state index contributed by atoms with van der Waals surface area (Å²) in [5.74, 6) is 0.503. The summed E-state index contributed by atoms with van der Waals surface area (Å²) in [6.07, 6.45) is 4.66. The highest BCUT2D eigenvalue weighted by molar-refractivity contribution is 7.80. The van der Waals surface area contributed by atoms with Crippen LogP contribution in [0.25, 0.3) is 0 Å². The van der Waals surface area contributed by atoms with Gasteiger partial charge in [0.1, 0.15) is 5.75 Å². The van der Waals surface area contributed by atoms with Gasteiger partial charge in [0.25, 0.3) is 5.91 Å². The van der Waals surface area contributed by atoms with Crippen molar-refractivity contribution in [3.8, 4) is 5.75 Å². The van der Waals surface area contributed by atoms with Gasteiger partial charge in [-0.2, -0.15) is 0 Å². The van der Waals surface area contributed by atoms with Crippen LogP contribution in [0.2, 0.25) is 5.02 Å². The molecule has 144 valence electrons. The lowest BCUT2D eigenvalue weighted by molar-refractivity contribution is 0.0976. The van der Waals surface area contributed by atoms with Gasteiger partial charge in [0.2, 0.25) is 0 Å². The highest BCUT2D eigenvalue weighted by atomic mass is 35.5. The maximum absolute atomic E-state index is 12.3. The first-order valence-corrected chi connectivity index (χ1v) is 9.94. The van der Waals surface area contributed by atoms with Crippen LogP contribution < -0.4 is 15.4 Å². The molecule has 2 aromatic rings. The van der Waals surface area contributed by atoms with Gasteiger partial charge >= 0.3 is 0 Å². The van der Waals surface area contributed by atoms with Crippen LogP contribution in [0, 0.1) is 0 Å². The molecule has 0 aliphatic heterocycles. The van der Waals surface area contributed by atoms with Crippen LogP contribution in [-0.2, 0) is 6.54 Å². The minimum absolute atomic E-state index is 0.260. The molecule has 0 unspecified atom stereocenters. The number of carbonyl (C=O) groups is 1. The van der Waals surface area contributed by atoms with Crippen LogP contribution in [0.3, 0.4) is 0 Å². The fourth-order valence-corrected chi connectivity index (χ4v) is 2.83. The Labute approximate surface area is 171 Å². The molecule has 6 heteroatoms. The van der Waals surface area contributed by atoms with E-state index in [1.165, 1.54) is 19.3 Å². The molecule has 2 aromatic carbocycles. The van der Waals surface area contributed by atoms with Gasteiger partial charge in [-0.1, -0.05) is 56.0 Å². The number of hydrogen-bond donors (Lipinski definition) is 2. The molecule has 4 nitrogen and oxygen atoms in total. The molecule has 0 aromatic heterocycles. The van der Waals surface area contributed by atoms with Crippen LogP contribution in [0.4, 0.5) is 0 Å². The second kappa shape index (κ2) is 11.6. The van der Waals surface area contributed by atoms with E-state index in [0.29, 0.717) is 23.7 Å². The predicted molar refractivity (Wildman–Crippen MR) is 114 cm³/mol. The zero-order valence-electron chi connectivity index (χ0n) is 15.5. The third kappa shape index (κ3) is 7.57. The molecule has 0 heterocycles. The maximum atomic E-state index is 12.3. The number of nitrogens with one attached hydrogen (secondary N) is 2. The Kier molecular flexibility index (Phi) is 9.08. The Bertz CT molecular complexity index is 750. The summed E-state index contributed by atoms with van der Waals surface area (Å²) < 4.78 is 5.68. The van der Waals surface area contributed by atoms with Crippen molar-refractivity contribution >= 4 is 34.8 Å². The predicted octanol–water partition coefficient (Wildman–Crippen LogP) is 5.10. The van der Waals surface area contributed by atoms with Crippen LogP contribution in [0.15, 0.2) is 48.5 Å². The van der Waals surface area contributed by atoms with Gasteiger partial charge in [-0.25, -0.2) is 0 Å². The standard InChI is InChI=1S/C21H25ClN2O2S/c1-2-3-4-7-14-26-18-12-10-16(11-13-18)20(25)24-21(27)23-15-17-8-5-6-9-19(17)22/h5-6,8-13H,2-4,7,14-15H2,1H3,(H2,23,24,25,27). The van der Waals surface area contributed by atoms with Crippen molar-refractivity contribution in [3.05, 3.63) is 64.7 Å². The third-order valence-corrected chi connectivity index (χ3v) is 4.62. The van der Waals surface area contributed by atoms with E-state index in [-0.39, 0.29) is 11.0 Å². The Balaban J connectivity index is 1.76. The van der Waals surface area contributed by atoms with Crippen LogP contribution in [0.1, 0.15) is 48.5 Å².